The Hall–Kier alpha value is -3.45. The van der Waals surface area contributed by atoms with Crippen molar-refractivity contribution in [1.29, 1.82) is 0 Å². The number of fused-ring (bicyclic) bond motifs is 1. The molecule has 4 rings (SSSR count). The van der Waals surface area contributed by atoms with Crippen LogP contribution in [-0.2, 0) is 11.3 Å². The second-order valence-electron chi connectivity index (χ2n) is 6.97. The number of carbonyl (C=O) groups excluding carboxylic acids is 1. The van der Waals surface area contributed by atoms with E-state index in [-0.39, 0.29) is 5.91 Å². The first kappa shape index (κ1) is 20.8. The fourth-order valence-corrected chi connectivity index (χ4v) is 3.56. The Morgan fingerprint density at radius 3 is 2.71 bits per heavy atom. The number of aromatic nitrogens is 1. The molecule has 160 valence electrons. The molecule has 0 spiro atoms. The van der Waals surface area contributed by atoms with Crippen LogP contribution < -0.4 is 24.4 Å². The van der Waals surface area contributed by atoms with E-state index < -0.39 is 6.10 Å². The summed E-state index contributed by atoms with van der Waals surface area (Å²) in [5, 5.41) is 3.82. The Bertz CT molecular complexity index is 1120. The minimum atomic E-state index is -0.670. The lowest BCUT2D eigenvalue weighted by molar-refractivity contribution is -0.124. The van der Waals surface area contributed by atoms with E-state index in [0.717, 1.165) is 11.3 Å². The summed E-state index contributed by atoms with van der Waals surface area (Å²) in [6.45, 7) is 2.19. The van der Waals surface area contributed by atoms with Gasteiger partial charge in [0.25, 0.3) is 5.91 Å². The third-order valence-electron chi connectivity index (χ3n) is 4.96. The molecule has 3 aromatic rings. The predicted molar refractivity (Wildman–Crippen MR) is 120 cm³/mol. The molecule has 1 unspecified atom stereocenters. The van der Waals surface area contributed by atoms with Gasteiger partial charge in [-0.25, -0.2) is 0 Å². The van der Waals surface area contributed by atoms with Crippen LogP contribution in [0.15, 0.2) is 54.6 Å². The highest BCUT2D eigenvalue weighted by atomic mass is 35.5. The molecular formula is C23H22ClN3O4. The van der Waals surface area contributed by atoms with Gasteiger partial charge in [0.1, 0.15) is 23.0 Å². The second-order valence-corrected chi connectivity index (χ2v) is 7.40. The molecule has 1 atom stereocenters. The Labute approximate surface area is 185 Å². The molecule has 0 fully saturated rings. The van der Waals surface area contributed by atoms with Crippen LogP contribution in [0.1, 0.15) is 12.5 Å². The van der Waals surface area contributed by atoms with Crippen LogP contribution in [0.25, 0.3) is 0 Å². The average Bonchev–Trinajstić information content (AvgIpc) is 2.78. The number of nitrogens with one attached hydrogen (secondary N) is 1. The standard InChI is InChI=1S/C23H22ClN3O4/c1-14-23(28)27(17-6-4-5-16(24)11-17)19-9-10-21(26-22(19)31-14)25-13-15-7-8-18(29-2)12-20(15)30-3/h4-12,14H,13H2,1-3H3,(H,25,26). The van der Waals surface area contributed by atoms with Gasteiger partial charge in [0.2, 0.25) is 5.88 Å². The second kappa shape index (κ2) is 8.73. The third-order valence-corrected chi connectivity index (χ3v) is 5.19. The topological polar surface area (TPSA) is 72.9 Å². The van der Waals surface area contributed by atoms with Gasteiger partial charge in [-0.2, -0.15) is 4.98 Å². The van der Waals surface area contributed by atoms with Crippen LogP contribution in [0, 0.1) is 0 Å². The van der Waals surface area contributed by atoms with Crippen molar-refractivity contribution in [1.82, 2.24) is 4.98 Å². The van der Waals surface area contributed by atoms with Crippen molar-refractivity contribution in [3.63, 3.8) is 0 Å². The minimum absolute atomic E-state index is 0.180. The molecule has 31 heavy (non-hydrogen) atoms. The number of nitrogens with zero attached hydrogens (tertiary/aromatic N) is 2. The first-order chi connectivity index (χ1) is 15.0. The number of methoxy groups -OCH3 is 2. The van der Waals surface area contributed by atoms with Crippen molar-refractivity contribution in [2.75, 3.05) is 24.4 Å². The van der Waals surface area contributed by atoms with E-state index in [1.807, 2.05) is 24.3 Å². The number of amides is 1. The molecule has 7 nitrogen and oxygen atoms in total. The number of halogens is 1. The van der Waals surface area contributed by atoms with Gasteiger partial charge in [-0.3, -0.25) is 9.69 Å². The summed E-state index contributed by atoms with van der Waals surface area (Å²) >= 11 is 6.13. The number of benzene rings is 2. The summed E-state index contributed by atoms with van der Waals surface area (Å²) in [4.78, 5) is 19.0. The monoisotopic (exact) mass is 439 g/mol. The first-order valence-corrected chi connectivity index (χ1v) is 10.1. The van der Waals surface area contributed by atoms with Gasteiger partial charge in [0.15, 0.2) is 6.10 Å². The molecule has 1 N–H and O–H groups in total. The van der Waals surface area contributed by atoms with Gasteiger partial charge in [-0.1, -0.05) is 17.7 Å². The number of hydrogen-bond donors (Lipinski definition) is 1. The molecule has 1 aliphatic rings. The lowest BCUT2D eigenvalue weighted by atomic mass is 10.2. The van der Waals surface area contributed by atoms with Crippen molar-refractivity contribution >= 4 is 34.7 Å². The Morgan fingerprint density at radius 1 is 1.13 bits per heavy atom. The van der Waals surface area contributed by atoms with E-state index in [1.165, 1.54) is 0 Å². The van der Waals surface area contributed by atoms with Crippen molar-refractivity contribution in [3.05, 3.63) is 65.2 Å². The number of carbonyl (C=O) groups is 1. The molecule has 2 heterocycles. The van der Waals surface area contributed by atoms with E-state index in [9.17, 15) is 4.79 Å². The van der Waals surface area contributed by atoms with E-state index >= 15 is 0 Å². The third kappa shape index (κ3) is 4.22. The molecule has 1 aliphatic heterocycles. The number of rotatable bonds is 6. The maximum atomic E-state index is 12.8. The summed E-state index contributed by atoms with van der Waals surface area (Å²) in [6, 6.07) is 16.4. The molecular weight excluding hydrogens is 418 g/mol. The van der Waals surface area contributed by atoms with E-state index in [4.69, 9.17) is 25.8 Å². The van der Waals surface area contributed by atoms with Gasteiger partial charge in [-0.05, 0) is 49.4 Å². The molecule has 1 aromatic heterocycles. The van der Waals surface area contributed by atoms with E-state index in [2.05, 4.69) is 10.3 Å². The van der Waals surface area contributed by atoms with Gasteiger partial charge in [0.05, 0.1) is 19.9 Å². The summed E-state index contributed by atoms with van der Waals surface area (Å²) in [7, 11) is 3.23. The molecule has 0 bridgehead atoms. The highest BCUT2D eigenvalue weighted by molar-refractivity contribution is 6.31. The number of pyridine rings is 1. The largest absolute Gasteiger partial charge is 0.497 e. The van der Waals surface area contributed by atoms with Gasteiger partial charge in [-0.15, -0.1) is 0 Å². The zero-order valence-corrected chi connectivity index (χ0v) is 18.1. The summed E-state index contributed by atoms with van der Waals surface area (Å²) in [6.07, 6.45) is -0.670. The van der Waals surface area contributed by atoms with Crippen LogP contribution in [0.5, 0.6) is 17.4 Å². The highest BCUT2D eigenvalue weighted by Gasteiger charge is 2.34. The zero-order chi connectivity index (χ0) is 22.0. The molecule has 0 radical (unpaired) electrons. The Kier molecular flexibility index (Phi) is 5.86. The summed E-state index contributed by atoms with van der Waals surface area (Å²) in [5.74, 6) is 2.25. The van der Waals surface area contributed by atoms with E-state index in [1.54, 1.807) is 56.4 Å². The van der Waals surface area contributed by atoms with Crippen LogP contribution in [0.3, 0.4) is 0 Å². The van der Waals surface area contributed by atoms with Crippen LogP contribution >= 0.6 is 11.6 Å². The molecule has 0 saturated carbocycles. The normalized spacial score (nSPS) is 15.2. The number of ether oxygens (including phenoxy) is 3. The Morgan fingerprint density at radius 2 is 1.97 bits per heavy atom. The highest BCUT2D eigenvalue weighted by Crippen LogP contribution is 2.39. The average molecular weight is 440 g/mol. The molecule has 0 saturated heterocycles. The lowest BCUT2D eigenvalue weighted by Gasteiger charge is -2.32. The molecule has 1 amide bonds. The summed E-state index contributed by atoms with van der Waals surface area (Å²) in [5.41, 5.74) is 2.19. The molecule has 0 aliphatic carbocycles. The van der Waals surface area contributed by atoms with Crippen molar-refractivity contribution in [3.8, 4) is 17.4 Å². The quantitative estimate of drug-likeness (QED) is 0.594. The smallest absolute Gasteiger partial charge is 0.272 e. The Balaban J connectivity index is 1.60. The van der Waals surface area contributed by atoms with Gasteiger partial charge < -0.3 is 19.5 Å². The van der Waals surface area contributed by atoms with E-state index in [0.29, 0.717) is 40.4 Å². The van der Waals surface area contributed by atoms with Crippen molar-refractivity contribution in [2.24, 2.45) is 0 Å². The van der Waals surface area contributed by atoms with Gasteiger partial charge in [0, 0.05) is 23.2 Å². The fraction of sp³-hybridized carbons (Fsp3) is 0.217. The van der Waals surface area contributed by atoms with Gasteiger partial charge >= 0.3 is 0 Å². The fourth-order valence-electron chi connectivity index (χ4n) is 3.37. The maximum Gasteiger partial charge on any atom is 0.272 e. The number of hydrogen-bond acceptors (Lipinski definition) is 6. The lowest BCUT2D eigenvalue weighted by Crippen LogP contribution is -2.42. The van der Waals surface area contributed by atoms with Crippen LogP contribution in [0.4, 0.5) is 17.2 Å². The molecule has 8 heteroatoms. The molecule has 2 aromatic carbocycles. The predicted octanol–water partition coefficient (Wildman–Crippen LogP) is 4.81. The number of anilines is 3. The van der Waals surface area contributed by atoms with Crippen LogP contribution in [-0.4, -0.2) is 31.2 Å². The zero-order valence-electron chi connectivity index (χ0n) is 17.4. The summed E-state index contributed by atoms with van der Waals surface area (Å²) < 4.78 is 16.5. The van der Waals surface area contributed by atoms with Crippen molar-refractivity contribution in [2.45, 2.75) is 19.6 Å². The van der Waals surface area contributed by atoms with Crippen LogP contribution in [0.2, 0.25) is 5.02 Å². The maximum absolute atomic E-state index is 12.8. The van der Waals surface area contributed by atoms with Crippen molar-refractivity contribution < 1.29 is 19.0 Å². The minimum Gasteiger partial charge on any atom is -0.497 e. The SMILES string of the molecule is COc1ccc(CNc2ccc3c(n2)OC(C)C(=O)N3c2cccc(Cl)c2)c(OC)c1. The first-order valence-electron chi connectivity index (χ1n) is 9.72.